The van der Waals surface area contributed by atoms with Gasteiger partial charge < -0.3 is 15.3 Å². The average molecular weight is 326 g/mol. The maximum absolute atomic E-state index is 12.6. The van der Waals surface area contributed by atoms with Gasteiger partial charge in [0.2, 0.25) is 5.91 Å². The van der Waals surface area contributed by atoms with Crippen LogP contribution in [-0.2, 0) is 11.3 Å². The third-order valence-corrected chi connectivity index (χ3v) is 4.92. The molecule has 24 heavy (non-hydrogen) atoms. The van der Waals surface area contributed by atoms with Crippen molar-refractivity contribution in [3.63, 3.8) is 0 Å². The molecule has 2 atom stereocenters. The molecule has 0 unspecified atom stereocenters. The van der Waals surface area contributed by atoms with Crippen LogP contribution in [0.1, 0.15) is 37.7 Å². The molecule has 0 spiro atoms. The van der Waals surface area contributed by atoms with Gasteiger partial charge in [0, 0.05) is 43.1 Å². The lowest BCUT2D eigenvalue weighted by molar-refractivity contribution is -0.119. The molecule has 1 aliphatic carbocycles. The quantitative estimate of drug-likeness (QED) is 0.875. The second kappa shape index (κ2) is 8.15. The van der Waals surface area contributed by atoms with Gasteiger partial charge in [0.25, 0.3) is 0 Å². The van der Waals surface area contributed by atoms with Gasteiger partial charge in [-0.2, -0.15) is 0 Å². The number of hydrogen-bond acceptors (Lipinski definition) is 3. The van der Waals surface area contributed by atoms with Gasteiger partial charge in [0.1, 0.15) is 0 Å². The first-order valence-electron chi connectivity index (χ1n) is 8.85. The zero-order valence-corrected chi connectivity index (χ0v) is 14.0. The zero-order chi connectivity index (χ0) is 16.8. The number of amides is 1. The summed E-state index contributed by atoms with van der Waals surface area (Å²) in [7, 11) is 0. The fraction of sp³-hybridized carbons (Fsp3) is 0.450. The fourth-order valence-electron chi connectivity index (χ4n) is 3.53. The standard InChI is InChI=1S/C20H26N2O2/c23-15-18-9-4-5-11-19(18)21-20(24)17-10-6-12-22(14-17)13-16-7-2-1-3-8-16/h1-3,6-8,12,14,18-19,23H,4-5,9-11,13,15H2,(H,21,24)/t18-,19-/m0/s1. The molecule has 128 valence electrons. The molecular weight excluding hydrogens is 300 g/mol. The summed E-state index contributed by atoms with van der Waals surface area (Å²) in [6, 6.07) is 10.3. The monoisotopic (exact) mass is 326 g/mol. The van der Waals surface area contributed by atoms with Crippen LogP contribution < -0.4 is 5.32 Å². The summed E-state index contributed by atoms with van der Waals surface area (Å²) in [5, 5.41) is 12.7. The highest BCUT2D eigenvalue weighted by molar-refractivity contribution is 5.94. The second-order valence-electron chi connectivity index (χ2n) is 6.71. The minimum absolute atomic E-state index is 0.00256. The Labute approximate surface area is 143 Å². The molecule has 1 aromatic rings. The molecule has 4 heteroatoms. The topological polar surface area (TPSA) is 52.6 Å². The van der Waals surface area contributed by atoms with Crippen molar-refractivity contribution < 1.29 is 9.90 Å². The molecule has 2 aliphatic rings. The van der Waals surface area contributed by atoms with Crippen LogP contribution in [0.2, 0.25) is 0 Å². The van der Waals surface area contributed by atoms with Crippen LogP contribution in [0.25, 0.3) is 0 Å². The highest BCUT2D eigenvalue weighted by Crippen LogP contribution is 2.25. The highest BCUT2D eigenvalue weighted by Gasteiger charge is 2.27. The summed E-state index contributed by atoms with van der Waals surface area (Å²) in [5.41, 5.74) is 2.00. The Bertz CT molecular complexity index is 609. The normalized spacial score (nSPS) is 23.7. The van der Waals surface area contributed by atoms with E-state index in [-0.39, 0.29) is 24.5 Å². The first-order valence-corrected chi connectivity index (χ1v) is 8.85. The van der Waals surface area contributed by atoms with E-state index < -0.39 is 0 Å². The van der Waals surface area contributed by atoms with E-state index in [0.717, 1.165) is 37.8 Å². The number of rotatable bonds is 5. The minimum atomic E-state index is 0.00256. The van der Waals surface area contributed by atoms with Crippen molar-refractivity contribution >= 4 is 5.91 Å². The van der Waals surface area contributed by atoms with Gasteiger partial charge >= 0.3 is 0 Å². The summed E-state index contributed by atoms with van der Waals surface area (Å²) in [6.45, 7) is 0.918. The van der Waals surface area contributed by atoms with Crippen LogP contribution >= 0.6 is 0 Å². The summed E-state index contributed by atoms with van der Waals surface area (Å²) >= 11 is 0. The third-order valence-electron chi connectivity index (χ3n) is 4.92. The first-order chi connectivity index (χ1) is 11.8. The summed E-state index contributed by atoms with van der Waals surface area (Å²) in [5.74, 6) is 0.200. The Morgan fingerprint density at radius 3 is 2.79 bits per heavy atom. The highest BCUT2D eigenvalue weighted by atomic mass is 16.3. The van der Waals surface area contributed by atoms with E-state index in [4.69, 9.17) is 0 Å². The Balaban J connectivity index is 1.61. The molecule has 1 amide bonds. The van der Waals surface area contributed by atoms with E-state index in [1.54, 1.807) is 0 Å². The number of allylic oxidation sites excluding steroid dienone is 1. The van der Waals surface area contributed by atoms with Crippen molar-refractivity contribution in [2.45, 2.75) is 44.7 Å². The second-order valence-corrected chi connectivity index (χ2v) is 6.71. The zero-order valence-electron chi connectivity index (χ0n) is 14.0. The average Bonchev–Trinajstić information content (AvgIpc) is 2.63. The predicted molar refractivity (Wildman–Crippen MR) is 94.8 cm³/mol. The largest absolute Gasteiger partial charge is 0.396 e. The Morgan fingerprint density at radius 1 is 1.21 bits per heavy atom. The molecule has 3 rings (SSSR count). The molecule has 0 radical (unpaired) electrons. The summed E-state index contributed by atoms with van der Waals surface area (Å²) in [6.07, 6.45) is 10.9. The number of aliphatic hydroxyl groups is 1. The van der Waals surface area contributed by atoms with E-state index in [0.29, 0.717) is 6.42 Å². The molecule has 1 aliphatic heterocycles. The van der Waals surface area contributed by atoms with Crippen LogP contribution in [0.4, 0.5) is 0 Å². The van der Waals surface area contributed by atoms with Crippen LogP contribution in [0.15, 0.2) is 54.4 Å². The van der Waals surface area contributed by atoms with Crippen LogP contribution in [-0.4, -0.2) is 28.6 Å². The van der Waals surface area contributed by atoms with Crippen molar-refractivity contribution in [2.75, 3.05) is 6.61 Å². The van der Waals surface area contributed by atoms with Crippen molar-refractivity contribution in [2.24, 2.45) is 5.92 Å². The van der Waals surface area contributed by atoms with E-state index in [2.05, 4.69) is 22.3 Å². The molecular formula is C20H26N2O2. The van der Waals surface area contributed by atoms with E-state index in [9.17, 15) is 9.90 Å². The maximum Gasteiger partial charge on any atom is 0.249 e. The molecule has 1 heterocycles. The number of benzene rings is 1. The van der Waals surface area contributed by atoms with Crippen molar-refractivity contribution in [3.8, 4) is 0 Å². The Hall–Kier alpha value is -2.07. The predicted octanol–water partition coefficient (Wildman–Crippen LogP) is 2.96. The lowest BCUT2D eigenvalue weighted by Gasteiger charge is -2.31. The Morgan fingerprint density at radius 2 is 2.00 bits per heavy atom. The molecule has 4 nitrogen and oxygen atoms in total. The summed E-state index contributed by atoms with van der Waals surface area (Å²) in [4.78, 5) is 14.7. The van der Waals surface area contributed by atoms with E-state index >= 15 is 0 Å². The maximum atomic E-state index is 12.6. The third kappa shape index (κ3) is 4.26. The van der Waals surface area contributed by atoms with Crippen molar-refractivity contribution in [1.82, 2.24) is 10.2 Å². The van der Waals surface area contributed by atoms with Gasteiger partial charge in [0.15, 0.2) is 0 Å². The molecule has 0 bridgehead atoms. The number of hydrogen-bond donors (Lipinski definition) is 2. The molecule has 0 saturated heterocycles. The SMILES string of the molecule is O=C(N[C@H]1CCCC[C@H]1CO)C1=CN(Cc2ccccc2)C=CC1. The van der Waals surface area contributed by atoms with Gasteiger partial charge in [-0.15, -0.1) is 0 Å². The van der Waals surface area contributed by atoms with Crippen molar-refractivity contribution in [3.05, 3.63) is 59.9 Å². The van der Waals surface area contributed by atoms with Gasteiger partial charge in [0.05, 0.1) is 0 Å². The van der Waals surface area contributed by atoms with Gasteiger partial charge in [-0.05, 0) is 24.8 Å². The number of nitrogens with zero attached hydrogens (tertiary/aromatic N) is 1. The number of carbonyl (C=O) groups is 1. The molecule has 1 aromatic carbocycles. The number of aliphatic hydroxyl groups excluding tert-OH is 1. The van der Waals surface area contributed by atoms with Gasteiger partial charge in [-0.3, -0.25) is 4.79 Å². The first kappa shape index (κ1) is 16.8. The molecule has 1 fully saturated rings. The van der Waals surface area contributed by atoms with Crippen molar-refractivity contribution in [1.29, 1.82) is 0 Å². The Kier molecular flexibility index (Phi) is 5.70. The smallest absolute Gasteiger partial charge is 0.249 e. The van der Waals surface area contributed by atoms with Gasteiger partial charge in [-0.1, -0.05) is 49.2 Å². The van der Waals surface area contributed by atoms with E-state index in [1.807, 2.05) is 36.7 Å². The molecule has 1 saturated carbocycles. The van der Waals surface area contributed by atoms with Crippen LogP contribution in [0.5, 0.6) is 0 Å². The van der Waals surface area contributed by atoms with Crippen LogP contribution in [0.3, 0.4) is 0 Å². The number of carbonyl (C=O) groups excluding carboxylic acids is 1. The lowest BCUT2D eigenvalue weighted by atomic mass is 9.85. The van der Waals surface area contributed by atoms with E-state index in [1.165, 1.54) is 5.56 Å². The lowest BCUT2D eigenvalue weighted by Crippen LogP contribution is -2.44. The van der Waals surface area contributed by atoms with Gasteiger partial charge in [-0.25, -0.2) is 0 Å². The summed E-state index contributed by atoms with van der Waals surface area (Å²) < 4.78 is 0. The molecule has 2 N–H and O–H groups in total. The van der Waals surface area contributed by atoms with Crippen LogP contribution in [0, 0.1) is 5.92 Å². The molecule has 0 aromatic heterocycles. The fourth-order valence-corrected chi connectivity index (χ4v) is 3.53. The number of nitrogens with one attached hydrogen (secondary N) is 1. The minimum Gasteiger partial charge on any atom is -0.396 e.